The van der Waals surface area contributed by atoms with Gasteiger partial charge < -0.3 is 10.2 Å². The summed E-state index contributed by atoms with van der Waals surface area (Å²) in [6, 6.07) is 0. The fraction of sp³-hybridized carbons (Fsp3) is 0.600. The Balaban J connectivity index is 1.91. The zero-order valence-corrected chi connectivity index (χ0v) is 9.64. The Labute approximate surface area is 98.6 Å². The lowest BCUT2D eigenvalue weighted by Gasteiger charge is -2.30. The highest BCUT2D eigenvalue weighted by molar-refractivity contribution is 5.92. The van der Waals surface area contributed by atoms with Gasteiger partial charge in [-0.15, -0.1) is 0 Å². The first-order valence-corrected chi connectivity index (χ1v) is 5.59. The van der Waals surface area contributed by atoms with Crippen LogP contribution in [-0.4, -0.2) is 52.3 Å². The number of hydrogen-bond acceptors (Lipinski definition) is 4. The molecule has 1 saturated heterocycles. The van der Waals surface area contributed by atoms with Crippen LogP contribution in [0.4, 0.5) is 0 Å². The number of hydrogen-bond donors (Lipinski definition) is 2. The van der Waals surface area contributed by atoms with Gasteiger partial charge in [-0.1, -0.05) is 0 Å². The monoisotopic (exact) mass is 237 g/mol. The number of amides is 2. The summed E-state index contributed by atoms with van der Waals surface area (Å²) < 4.78 is 0. The molecule has 2 rings (SSSR count). The standard InChI is InChI=1S/C10H15N5O2/c1-11-9(16)7-2-4-15(5-3-7)10(17)8-6-12-14-13-8/h6-7H,2-5H2,1H3,(H,11,16)(H,12,13,14). The molecule has 1 aromatic heterocycles. The van der Waals surface area contributed by atoms with Gasteiger partial charge in [0, 0.05) is 26.1 Å². The zero-order chi connectivity index (χ0) is 12.3. The minimum atomic E-state index is -0.130. The SMILES string of the molecule is CNC(=O)C1CCN(C(=O)c2cn[nH]n2)CC1. The molecule has 7 nitrogen and oxygen atoms in total. The Morgan fingerprint density at radius 1 is 1.47 bits per heavy atom. The van der Waals surface area contributed by atoms with Gasteiger partial charge in [-0.3, -0.25) is 9.59 Å². The smallest absolute Gasteiger partial charge is 0.276 e. The van der Waals surface area contributed by atoms with E-state index in [-0.39, 0.29) is 17.7 Å². The molecular weight excluding hydrogens is 222 g/mol. The van der Waals surface area contributed by atoms with Crippen LogP contribution in [-0.2, 0) is 4.79 Å². The van der Waals surface area contributed by atoms with E-state index in [2.05, 4.69) is 20.7 Å². The summed E-state index contributed by atoms with van der Waals surface area (Å²) >= 11 is 0. The van der Waals surface area contributed by atoms with Crippen molar-refractivity contribution < 1.29 is 9.59 Å². The molecule has 92 valence electrons. The largest absolute Gasteiger partial charge is 0.359 e. The van der Waals surface area contributed by atoms with E-state index >= 15 is 0 Å². The molecule has 2 heterocycles. The van der Waals surface area contributed by atoms with E-state index in [1.807, 2.05) is 0 Å². The molecule has 0 aromatic carbocycles. The topological polar surface area (TPSA) is 91.0 Å². The van der Waals surface area contributed by atoms with E-state index in [0.717, 1.165) is 0 Å². The van der Waals surface area contributed by atoms with Crippen LogP contribution in [0.15, 0.2) is 6.20 Å². The lowest BCUT2D eigenvalue weighted by molar-refractivity contribution is -0.125. The lowest BCUT2D eigenvalue weighted by Crippen LogP contribution is -2.42. The third kappa shape index (κ3) is 2.43. The number of likely N-dealkylation sites (tertiary alicyclic amines) is 1. The number of aromatic nitrogens is 3. The van der Waals surface area contributed by atoms with E-state index in [1.165, 1.54) is 6.20 Å². The van der Waals surface area contributed by atoms with E-state index in [4.69, 9.17) is 0 Å². The van der Waals surface area contributed by atoms with Gasteiger partial charge in [0.1, 0.15) is 0 Å². The van der Waals surface area contributed by atoms with Crippen molar-refractivity contribution in [3.05, 3.63) is 11.9 Å². The molecule has 0 unspecified atom stereocenters. The van der Waals surface area contributed by atoms with Crippen molar-refractivity contribution in [2.75, 3.05) is 20.1 Å². The molecule has 0 atom stereocenters. The Kier molecular flexibility index (Phi) is 3.36. The molecular formula is C10H15N5O2. The Morgan fingerprint density at radius 2 is 2.18 bits per heavy atom. The van der Waals surface area contributed by atoms with Crippen LogP contribution >= 0.6 is 0 Å². The highest BCUT2D eigenvalue weighted by Gasteiger charge is 2.27. The van der Waals surface area contributed by atoms with Crippen molar-refractivity contribution in [2.24, 2.45) is 5.92 Å². The molecule has 2 N–H and O–H groups in total. The number of piperidine rings is 1. The molecule has 0 aliphatic carbocycles. The molecule has 17 heavy (non-hydrogen) atoms. The maximum absolute atomic E-state index is 11.9. The van der Waals surface area contributed by atoms with Crippen molar-refractivity contribution in [2.45, 2.75) is 12.8 Å². The van der Waals surface area contributed by atoms with Crippen molar-refractivity contribution in [1.82, 2.24) is 25.6 Å². The lowest BCUT2D eigenvalue weighted by atomic mass is 9.96. The molecule has 1 aliphatic rings. The maximum atomic E-state index is 11.9. The molecule has 0 saturated carbocycles. The molecule has 7 heteroatoms. The van der Waals surface area contributed by atoms with Gasteiger partial charge in [0.2, 0.25) is 5.91 Å². The van der Waals surface area contributed by atoms with Crippen molar-refractivity contribution in [3.8, 4) is 0 Å². The van der Waals surface area contributed by atoms with Crippen molar-refractivity contribution in [1.29, 1.82) is 0 Å². The zero-order valence-electron chi connectivity index (χ0n) is 9.64. The fourth-order valence-electron chi connectivity index (χ4n) is 2.02. The highest BCUT2D eigenvalue weighted by Crippen LogP contribution is 2.18. The Hall–Kier alpha value is -1.92. The predicted molar refractivity (Wildman–Crippen MR) is 59.1 cm³/mol. The van der Waals surface area contributed by atoms with E-state index in [9.17, 15) is 9.59 Å². The van der Waals surface area contributed by atoms with Crippen LogP contribution < -0.4 is 5.32 Å². The molecule has 1 aliphatic heterocycles. The van der Waals surface area contributed by atoms with Gasteiger partial charge in [-0.05, 0) is 12.8 Å². The third-order valence-corrected chi connectivity index (χ3v) is 3.03. The summed E-state index contributed by atoms with van der Waals surface area (Å²) in [6.07, 6.45) is 2.81. The summed E-state index contributed by atoms with van der Waals surface area (Å²) in [4.78, 5) is 25.0. The summed E-state index contributed by atoms with van der Waals surface area (Å²) in [7, 11) is 1.63. The predicted octanol–water partition coefficient (Wildman–Crippen LogP) is -0.597. The van der Waals surface area contributed by atoms with Gasteiger partial charge in [-0.2, -0.15) is 15.4 Å². The molecule has 0 radical (unpaired) electrons. The second kappa shape index (κ2) is 4.94. The maximum Gasteiger partial charge on any atom is 0.276 e. The van der Waals surface area contributed by atoms with E-state index < -0.39 is 0 Å². The van der Waals surface area contributed by atoms with Gasteiger partial charge in [0.15, 0.2) is 5.69 Å². The molecule has 2 amide bonds. The van der Waals surface area contributed by atoms with Gasteiger partial charge in [0.05, 0.1) is 6.20 Å². The number of nitrogens with one attached hydrogen (secondary N) is 2. The summed E-state index contributed by atoms with van der Waals surface area (Å²) in [5.74, 6) is -0.0611. The average molecular weight is 237 g/mol. The van der Waals surface area contributed by atoms with Gasteiger partial charge >= 0.3 is 0 Å². The number of aromatic amines is 1. The second-order valence-corrected chi connectivity index (χ2v) is 4.04. The van der Waals surface area contributed by atoms with Crippen LogP contribution in [0.25, 0.3) is 0 Å². The molecule has 0 bridgehead atoms. The molecule has 0 spiro atoms. The molecule has 1 fully saturated rings. The van der Waals surface area contributed by atoms with Crippen LogP contribution in [0.2, 0.25) is 0 Å². The minimum Gasteiger partial charge on any atom is -0.359 e. The highest BCUT2D eigenvalue weighted by atomic mass is 16.2. The summed E-state index contributed by atoms with van der Waals surface area (Å²) in [5.41, 5.74) is 0.323. The van der Waals surface area contributed by atoms with Gasteiger partial charge in [-0.25, -0.2) is 0 Å². The van der Waals surface area contributed by atoms with Crippen LogP contribution in [0.5, 0.6) is 0 Å². The summed E-state index contributed by atoms with van der Waals surface area (Å²) in [5, 5.41) is 12.4. The molecule has 1 aromatic rings. The van der Waals surface area contributed by atoms with Crippen molar-refractivity contribution in [3.63, 3.8) is 0 Å². The van der Waals surface area contributed by atoms with Crippen LogP contribution in [0, 0.1) is 5.92 Å². The fourth-order valence-corrected chi connectivity index (χ4v) is 2.02. The second-order valence-electron chi connectivity index (χ2n) is 4.04. The van der Waals surface area contributed by atoms with Crippen LogP contribution in [0.3, 0.4) is 0 Å². The van der Waals surface area contributed by atoms with Gasteiger partial charge in [0.25, 0.3) is 5.91 Å². The Morgan fingerprint density at radius 3 is 2.71 bits per heavy atom. The average Bonchev–Trinajstić information content (AvgIpc) is 2.91. The first-order valence-electron chi connectivity index (χ1n) is 5.59. The van der Waals surface area contributed by atoms with E-state index in [0.29, 0.717) is 31.6 Å². The van der Waals surface area contributed by atoms with Crippen molar-refractivity contribution >= 4 is 11.8 Å². The number of carbonyl (C=O) groups excluding carboxylic acids is 2. The Bertz CT molecular complexity index is 395. The quantitative estimate of drug-likeness (QED) is 0.718. The van der Waals surface area contributed by atoms with Crippen LogP contribution in [0.1, 0.15) is 23.3 Å². The third-order valence-electron chi connectivity index (χ3n) is 3.03. The number of nitrogens with zero attached hydrogens (tertiary/aromatic N) is 3. The number of H-pyrrole nitrogens is 1. The first-order chi connectivity index (χ1) is 8.22. The summed E-state index contributed by atoms with van der Waals surface area (Å²) in [6.45, 7) is 1.17. The first kappa shape index (κ1) is 11.6. The number of carbonyl (C=O) groups is 2. The van der Waals surface area contributed by atoms with E-state index in [1.54, 1.807) is 11.9 Å². The normalized spacial score (nSPS) is 16.9. The number of rotatable bonds is 2. The minimum absolute atomic E-state index is 0.0151.